The summed E-state index contributed by atoms with van der Waals surface area (Å²) >= 11 is 0. The topological polar surface area (TPSA) is 46.5 Å². The zero-order valence-corrected chi connectivity index (χ0v) is 9.56. The van der Waals surface area contributed by atoms with Crippen LogP contribution >= 0.6 is 0 Å². The zero-order chi connectivity index (χ0) is 12.0. The van der Waals surface area contributed by atoms with Gasteiger partial charge in [-0.2, -0.15) is 0 Å². The van der Waals surface area contributed by atoms with Crippen LogP contribution in [0.2, 0.25) is 0 Å². The van der Waals surface area contributed by atoms with Crippen molar-refractivity contribution in [3.63, 3.8) is 0 Å². The van der Waals surface area contributed by atoms with Crippen LogP contribution in [0.15, 0.2) is 29.8 Å². The number of hydrogen-bond acceptors (Lipinski definition) is 3. The van der Waals surface area contributed by atoms with Gasteiger partial charge in [-0.1, -0.05) is 24.3 Å². The van der Waals surface area contributed by atoms with E-state index in [1.165, 1.54) is 6.92 Å². The maximum atomic E-state index is 10.7. The summed E-state index contributed by atoms with van der Waals surface area (Å²) in [6.45, 7) is 3.37. The molecule has 1 rings (SSSR count). The summed E-state index contributed by atoms with van der Waals surface area (Å²) in [6, 6.07) is 7.84. The third-order valence-corrected chi connectivity index (χ3v) is 2.21. The Bertz CT molecular complexity index is 394. The molecule has 0 radical (unpaired) electrons. The van der Waals surface area contributed by atoms with Crippen LogP contribution in [0.4, 0.5) is 0 Å². The van der Waals surface area contributed by atoms with E-state index in [1.54, 1.807) is 0 Å². The number of aryl methyl sites for hydroxylation is 1. The van der Waals surface area contributed by atoms with Crippen LogP contribution in [0, 0.1) is 6.92 Å². The Morgan fingerprint density at radius 2 is 2.12 bits per heavy atom. The van der Waals surface area contributed by atoms with Gasteiger partial charge < -0.3 is 9.84 Å². The molecular weight excluding hydrogens is 204 g/mol. The summed E-state index contributed by atoms with van der Waals surface area (Å²) < 4.78 is 4.84. The van der Waals surface area contributed by atoms with Gasteiger partial charge in [0.25, 0.3) is 0 Å². The summed E-state index contributed by atoms with van der Waals surface area (Å²) in [4.78, 5) is 10.7. The largest absolute Gasteiger partial charge is 0.461 e. The van der Waals surface area contributed by atoms with Crippen LogP contribution in [-0.4, -0.2) is 24.3 Å². The average Bonchev–Trinajstić information content (AvgIpc) is 2.26. The van der Waals surface area contributed by atoms with E-state index in [-0.39, 0.29) is 19.2 Å². The highest BCUT2D eigenvalue weighted by molar-refractivity contribution is 5.66. The van der Waals surface area contributed by atoms with E-state index in [0.29, 0.717) is 5.57 Å². The van der Waals surface area contributed by atoms with Crippen molar-refractivity contribution >= 4 is 12.0 Å². The number of ether oxygens (including phenoxy) is 1. The van der Waals surface area contributed by atoms with E-state index in [0.717, 1.165) is 11.1 Å². The number of carbonyl (C=O) groups is 1. The van der Waals surface area contributed by atoms with E-state index < -0.39 is 0 Å². The minimum atomic E-state index is -0.343. The number of hydrogen-bond donors (Lipinski definition) is 1. The summed E-state index contributed by atoms with van der Waals surface area (Å²) in [5.74, 6) is -0.343. The number of aliphatic hydroxyl groups is 1. The van der Waals surface area contributed by atoms with E-state index >= 15 is 0 Å². The Labute approximate surface area is 95.4 Å². The monoisotopic (exact) mass is 220 g/mol. The first-order valence-corrected chi connectivity index (χ1v) is 5.12. The van der Waals surface area contributed by atoms with Gasteiger partial charge in [-0.05, 0) is 29.7 Å². The molecule has 1 N–H and O–H groups in total. The van der Waals surface area contributed by atoms with Crippen LogP contribution in [-0.2, 0) is 9.53 Å². The highest BCUT2D eigenvalue weighted by Crippen LogP contribution is 2.12. The molecule has 0 saturated carbocycles. The maximum Gasteiger partial charge on any atom is 0.302 e. The molecule has 0 bridgehead atoms. The Balaban J connectivity index is 2.79. The van der Waals surface area contributed by atoms with Crippen molar-refractivity contribution in [2.75, 3.05) is 13.2 Å². The van der Waals surface area contributed by atoms with Crippen LogP contribution < -0.4 is 0 Å². The summed E-state index contributed by atoms with van der Waals surface area (Å²) in [5.41, 5.74) is 2.83. The van der Waals surface area contributed by atoms with Gasteiger partial charge in [0, 0.05) is 6.92 Å². The quantitative estimate of drug-likeness (QED) is 0.789. The van der Waals surface area contributed by atoms with Gasteiger partial charge >= 0.3 is 5.97 Å². The van der Waals surface area contributed by atoms with Crippen molar-refractivity contribution in [3.8, 4) is 0 Å². The molecule has 16 heavy (non-hydrogen) atoms. The van der Waals surface area contributed by atoms with Gasteiger partial charge in [-0.15, -0.1) is 0 Å². The molecule has 0 spiro atoms. The Morgan fingerprint density at radius 3 is 2.69 bits per heavy atom. The molecule has 0 unspecified atom stereocenters. The second-order valence-corrected chi connectivity index (χ2v) is 3.60. The van der Waals surface area contributed by atoms with Gasteiger partial charge in [0.05, 0.1) is 6.61 Å². The fraction of sp³-hybridized carbons (Fsp3) is 0.308. The molecule has 0 aliphatic carbocycles. The molecule has 3 heteroatoms. The molecule has 0 amide bonds. The fourth-order valence-electron chi connectivity index (χ4n) is 1.30. The molecule has 0 aliphatic heterocycles. The lowest BCUT2D eigenvalue weighted by molar-refractivity contribution is -0.140. The molecule has 0 aromatic heterocycles. The first-order valence-electron chi connectivity index (χ1n) is 5.12. The SMILES string of the molecule is CC(=O)OC/C(=C/c1ccccc1C)CO. The van der Waals surface area contributed by atoms with Gasteiger partial charge in [0.15, 0.2) is 0 Å². The maximum absolute atomic E-state index is 10.7. The Kier molecular flexibility index (Phi) is 4.73. The molecule has 1 aromatic rings. The molecule has 86 valence electrons. The number of esters is 1. The Morgan fingerprint density at radius 1 is 1.44 bits per heavy atom. The molecule has 0 fully saturated rings. The Hall–Kier alpha value is -1.61. The minimum Gasteiger partial charge on any atom is -0.461 e. The fourth-order valence-corrected chi connectivity index (χ4v) is 1.30. The van der Waals surface area contributed by atoms with Gasteiger partial charge in [-0.3, -0.25) is 4.79 Å². The zero-order valence-electron chi connectivity index (χ0n) is 9.56. The molecule has 1 aromatic carbocycles. The van der Waals surface area contributed by atoms with Crippen molar-refractivity contribution in [1.29, 1.82) is 0 Å². The normalized spacial score (nSPS) is 11.3. The van der Waals surface area contributed by atoms with Gasteiger partial charge in [0.2, 0.25) is 0 Å². The van der Waals surface area contributed by atoms with Crippen molar-refractivity contribution < 1.29 is 14.6 Å². The van der Waals surface area contributed by atoms with Crippen LogP contribution in [0.3, 0.4) is 0 Å². The molecule has 3 nitrogen and oxygen atoms in total. The lowest BCUT2D eigenvalue weighted by Crippen LogP contribution is -2.06. The van der Waals surface area contributed by atoms with Crippen molar-refractivity contribution in [2.24, 2.45) is 0 Å². The van der Waals surface area contributed by atoms with Crippen molar-refractivity contribution in [2.45, 2.75) is 13.8 Å². The van der Waals surface area contributed by atoms with E-state index in [4.69, 9.17) is 9.84 Å². The summed E-state index contributed by atoms with van der Waals surface area (Å²) in [7, 11) is 0. The molecule has 0 atom stereocenters. The molecule has 0 heterocycles. The summed E-state index contributed by atoms with van der Waals surface area (Å²) in [5, 5.41) is 9.13. The average molecular weight is 220 g/mol. The molecule has 0 saturated heterocycles. The molecule has 0 aliphatic rings. The van der Waals surface area contributed by atoms with Crippen molar-refractivity contribution in [1.82, 2.24) is 0 Å². The number of carbonyl (C=O) groups excluding carboxylic acids is 1. The summed E-state index contributed by atoms with van der Waals surface area (Å²) in [6.07, 6.45) is 1.85. The first-order chi connectivity index (χ1) is 7.63. The first kappa shape index (κ1) is 12.5. The van der Waals surface area contributed by atoms with E-state index in [1.807, 2.05) is 37.3 Å². The predicted molar refractivity (Wildman–Crippen MR) is 62.9 cm³/mol. The smallest absolute Gasteiger partial charge is 0.302 e. The number of rotatable bonds is 4. The number of benzene rings is 1. The molecular formula is C13H16O3. The third kappa shape index (κ3) is 3.87. The van der Waals surface area contributed by atoms with Gasteiger partial charge in [-0.25, -0.2) is 0 Å². The lowest BCUT2D eigenvalue weighted by Gasteiger charge is -2.06. The predicted octanol–water partition coefficient (Wildman–Crippen LogP) is 1.93. The van der Waals surface area contributed by atoms with Crippen LogP contribution in [0.25, 0.3) is 6.08 Å². The van der Waals surface area contributed by atoms with E-state index in [2.05, 4.69) is 0 Å². The highest BCUT2D eigenvalue weighted by atomic mass is 16.5. The standard InChI is InChI=1S/C13H16O3/c1-10-5-3-4-6-13(10)7-12(8-14)9-16-11(2)15/h3-7,14H,8-9H2,1-2H3/b12-7+. The second kappa shape index (κ2) is 6.08. The van der Waals surface area contributed by atoms with Gasteiger partial charge in [0.1, 0.15) is 6.61 Å². The van der Waals surface area contributed by atoms with Crippen LogP contribution in [0.1, 0.15) is 18.1 Å². The number of aliphatic hydroxyl groups excluding tert-OH is 1. The second-order valence-electron chi connectivity index (χ2n) is 3.60. The van der Waals surface area contributed by atoms with Crippen LogP contribution in [0.5, 0.6) is 0 Å². The lowest BCUT2D eigenvalue weighted by atomic mass is 10.1. The minimum absolute atomic E-state index is 0.110. The van der Waals surface area contributed by atoms with E-state index in [9.17, 15) is 4.79 Å². The van der Waals surface area contributed by atoms with Crippen molar-refractivity contribution in [3.05, 3.63) is 41.0 Å². The highest BCUT2D eigenvalue weighted by Gasteiger charge is 2.01. The third-order valence-electron chi connectivity index (χ3n) is 2.21.